The van der Waals surface area contributed by atoms with Crippen LogP contribution in [0, 0.1) is 6.92 Å². The Bertz CT molecular complexity index is 1250. The summed E-state index contributed by atoms with van der Waals surface area (Å²) in [5, 5.41) is 13.9. The van der Waals surface area contributed by atoms with Gasteiger partial charge < -0.3 is 9.64 Å². The number of hydrogen-bond acceptors (Lipinski definition) is 5. The van der Waals surface area contributed by atoms with Crippen LogP contribution in [0.15, 0.2) is 48.5 Å². The maximum Gasteiger partial charge on any atom is 0.254 e. The van der Waals surface area contributed by atoms with Crippen molar-refractivity contribution in [2.45, 2.75) is 32.4 Å². The van der Waals surface area contributed by atoms with E-state index in [0.29, 0.717) is 29.3 Å². The number of halogens is 1. The first-order valence-corrected chi connectivity index (χ1v) is 10.7. The van der Waals surface area contributed by atoms with Gasteiger partial charge in [-0.3, -0.25) is 4.79 Å². The highest BCUT2D eigenvalue weighted by atomic mass is 35.5. The van der Waals surface area contributed by atoms with E-state index in [1.54, 1.807) is 28.8 Å². The van der Waals surface area contributed by atoms with E-state index in [1.807, 2.05) is 11.8 Å². The number of rotatable bonds is 5. The van der Waals surface area contributed by atoms with Gasteiger partial charge in [0.05, 0.1) is 11.6 Å². The minimum Gasteiger partial charge on any atom is -0.376 e. The molecule has 3 heterocycles. The van der Waals surface area contributed by atoms with Crippen molar-refractivity contribution in [2.75, 3.05) is 13.2 Å². The summed E-state index contributed by atoms with van der Waals surface area (Å²) in [6.45, 7) is 3.68. The number of pyridine rings is 1. The van der Waals surface area contributed by atoms with Crippen molar-refractivity contribution >= 4 is 34.1 Å². The van der Waals surface area contributed by atoms with Crippen LogP contribution in [-0.2, 0) is 11.3 Å². The number of aromatic nitrogens is 4. The lowest BCUT2D eigenvalue weighted by molar-refractivity contribution is 0.0508. The molecule has 1 fully saturated rings. The number of ether oxygens (including phenoxy) is 1. The number of carbonyl (C=O) groups excluding carboxylic acids is 1. The molecule has 0 spiro atoms. The number of fused-ring (bicyclic) bond motifs is 3. The van der Waals surface area contributed by atoms with Crippen LogP contribution in [0.2, 0.25) is 5.02 Å². The van der Waals surface area contributed by atoms with E-state index in [4.69, 9.17) is 16.3 Å². The van der Waals surface area contributed by atoms with Crippen LogP contribution in [0.25, 0.3) is 16.6 Å². The van der Waals surface area contributed by atoms with E-state index in [1.165, 1.54) is 0 Å². The Kier molecular flexibility index (Phi) is 5.29. The van der Waals surface area contributed by atoms with Crippen molar-refractivity contribution in [1.82, 2.24) is 24.9 Å². The largest absolute Gasteiger partial charge is 0.376 e. The van der Waals surface area contributed by atoms with Crippen LogP contribution < -0.4 is 0 Å². The van der Waals surface area contributed by atoms with Gasteiger partial charge in [-0.15, -0.1) is 5.10 Å². The van der Waals surface area contributed by atoms with E-state index >= 15 is 0 Å². The maximum absolute atomic E-state index is 13.4. The molecule has 0 radical (unpaired) electrons. The summed E-state index contributed by atoms with van der Waals surface area (Å²) < 4.78 is 7.57. The molecule has 1 amide bonds. The summed E-state index contributed by atoms with van der Waals surface area (Å²) in [7, 11) is 0. The second-order valence-electron chi connectivity index (χ2n) is 7.97. The van der Waals surface area contributed by atoms with Gasteiger partial charge in [0.15, 0.2) is 5.65 Å². The fraction of sp³-hybridized carbons (Fsp3) is 0.304. The third-order valence-electron chi connectivity index (χ3n) is 5.69. The monoisotopic (exact) mass is 435 g/mol. The zero-order chi connectivity index (χ0) is 21.4. The fourth-order valence-electron chi connectivity index (χ4n) is 4.11. The third kappa shape index (κ3) is 3.98. The molecular formula is C23H22ClN5O2. The quantitative estimate of drug-likeness (QED) is 0.472. The van der Waals surface area contributed by atoms with Crippen molar-refractivity contribution < 1.29 is 9.53 Å². The molecule has 4 aromatic rings. The first-order valence-electron chi connectivity index (χ1n) is 10.4. The smallest absolute Gasteiger partial charge is 0.254 e. The second-order valence-corrected chi connectivity index (χ2v) is 8.41. The Labute approximate surface area is 184 Å². The zero-order valence-corrected chi connectivity index (χ0v) is 17.9. The number of aryl methyl sites for hydroxylation is 1. The standard InChI is InChI=1S/C23H22ClN5O2/c1-15-4-5-17-12-18(22-25-26-27-29(22)21(17)11-15)13-28(14-20-3-2-10-31-20)23(30)16-6-8-19(24)9-7-16/h4-9,11-12,20H,2-3,10,13-14H2,1H3/t20-/m0/s1. The van der Waals surface area contributed by atoms with Crippen molar-refractivity contribution in [1.29, 1.82) is 0 Å². The minimum atomic E-state index is -0.0678. The molecule has 1 aliphatic heterocycles. The molecule has 2 aromatic heterocycles. The number of nitrogens with zero attached hydrogens (tertiary/aromatic N) is 5. The van der Waals surface area contributed by atoms with Gasteiger partial charge in [0.2, 0.25) is 0 Å². The van der Waals surface area contributed by atoms with E-state index in [2.05, 4.69) is 39.8 Å². The molecule has 1 atom stereocenters. The molecule has 0 bridgehead atoms. The summed E-state index contributed by atoms with van der Waals surface area (Å²) >= 11 is 6.01. The molecule has 0 N–H and O–H groups in total. The normalized spacial score (nSPS) is 16.3. The highest BCUT2D eigenvalue weighted by Crippen LogP contribution is 2.24. The van der Waals surface area contributed by atoms with Crippen molar-refractivity contribution in [3.63, 3.8) is 0 Å². The van der Waals surface area contributed by atoms with Crippen molar-refractivity contribution in [3.8, 4) is 0 Å². The summed E-state index contributed by atoms with van der Waals surface area (Å²) in [6, 6.07) is 15.2. The topological polar surface area (TPSA) is 72.6 Å². The van der Waals surface area contributed by atoms with Gasteiger partial charge in [-0.25, -0.2) is 0 Å². The number of benzene rings is 2. The van der Waals surface area contributed by atoms with Gasteiger partial charge in [0.1, 0.15) is 0 Å². The molecule has 0 saturated carbocycles. The van der Waals surface area contributed by atoms with Crippen LogP contribution in [0.3, 0.4) is 0 Å². The zero-order valence-electron chi connectivity index (χ0n) is 17.2. The lowest BCUT2D eigenvalue weighted by atomic mass is 10.1. The molecule has 8 heteroatoms. The van der Waals surface area contributed by atoms with Gasteiger partial charge in [0.25, 0.3) is 5.91 Å². The molecule has 7 nitrogen and oxygen atoms in total. The van der Waals surface area contributed by atoms with Crippen LogP contribution in [0.1, 0.15) is 34.3 Å². The van der Waals surface area contributed by atoms with Crippen LogP contribution >= 0.6 is 11.6 Å². The third-order valence-corrected chi connectivity index (χ3v) is 5.94. The predicted octanol–water partition coefficient (Wildman–Crippen LogP) is 4.06. The SMILES string of the molecule is Cc1ccc2cc(CN(C[C@@H]3CCCO3)C(=O)c3ccc(Cl)cc3)c3nnnn3c2c1. The van der Waals surface area contributed by atoms with E-state index in [-0.39, 0.29) is 12.0 Å². The van der Waals surface area contributed by atoms with Gasteiger partial charge in [-0.1, -0.05) is 23.7 Å². The molecule has 0 aliphatic carbocycles. The Balaban J connectivity index is 1.54. The predicted molar refractivity (Wildman–Crippen MR) is 118 cm³/mol. The van der Waals surface area contributed by atoms with Gasteiger partial charge in [-0.2, -0.15) is 4.52 Å². The van der Waals surface area contributed by atoms with E-state index in [9.17, 15) is 4.79 Å². The van der Waals surface area contributed by atoms with Crippen molar-refractivity contribution in [3.05, 3.63) is 70.2 Å². The molecule has 1 aliphatic rings. The Morgan fingerprint density at radius 2 is 2.06 bits per heavy atom. The molecular weight excluding hydrogens is 414 g/mol. The average Bonchev–Trinajstić information content (AvgIpc) is 3.46. The van der Waals surface area contributed by atoms with Gasteiger partial charge >= 0.3 is 0 Å². The average molecular weight is 436 g/mol. The number of tetrazole rings is 1. The lowest BCUT2D eigenvalue weighted by Gasteiger charge is -2.26. The lowest BCUT2D eigenvalue weighted by Crippen LogP contribution is -2.37. The van der Waals surface area contributed by atoms with E-state index in [0.717, 1.165) is 41.5 Å². The molecule has 1 saturated heterocycles. The van der Waals surface area contributed by atoms with Crippen LogP contribution in [0.5, 0.6) is 0 Å². The van der Waals surface area contributed by atoms with Crippen LogP contribution in [-0.4, -0.2) is 50.1 Å². The summed E-state index contributed by atoms with van der Waals surface area (Å²) in [6.07, 6.45) is 2.00. The number of carbonyl (C=O) groups is 1. The number of hydrogen-bond donors (Lipinski definition) is 0. The van der Waals surface area contributed by atoms with Crippen molar-refractivity contribution in [2.24, 2.45) is 0 Å². The van der Waals surface area contributed by atoms with Gasteiger partial charge in [-0.05, 0) is 72.2 Å². The molecule has 158 valence electrons. The maximum atomic E-state index is 13.4. The molecule has 5 rings (SSSR count). The summed E-state index contributed by atoms with van der Waals surface area (Å²) in [4.78, 5) is 15.2. The first-order chi connectivity index (χ1) is 15.1. The Morgan fingerprint density at radius 3 is 2.84 bits per heavy atom. The minimum absolute atomic E-state index is 0.0337. The van der Waals surface area contributed by atoms with E-state index < -0.39 is 0 Å². The van der Waals surface area contributed by atoms with Gasteiger partial charge in [0, 0.05) is 41.2 Å². The highest BCUT2D eigenvalue weighted by Gasteiger charge is 2.25. The molecule has 2 aromatic carbocycles. The first kappa shape index (κ1) is 19.9. The van der Waals surface area contributed by atoms with Crippen LogP contribution in [0.4, 0.5) is 0 Å². The molecule has 0 unspecified atom stereocenters. The Morgan fingerprint density at radius 1 is 1.23 bits per heavy atom. The fourth-order valence-corrected chi connectivity index (χ4v) is 4.24. The highest BCUT2D eigenvalue weighted by molar-refractivity contribution is 6.30. The summed E-state index contributed by atoms with van der Waals surface area (Å²) in [5.41, 5.74) is 4.21. The second kappa shape index (κ2) is 8.24. The summed E-state index contributed by atoms with van der Waals surface area (Å²) in [5.74, 6) is -0.0678. The Hall–Kier alpha value is -3.03. The molecule has 31 heavy (non-hydrogen) atoms. The number of amides is 1.